The van der Waals surface area contributed by atoms with E-state index in [2.05, 4.69) is 10.6 Å². The van der Waals surface area contributed by atoms with Gasteiger partial charge in [0.1, 0.15) is 16.9 Å². The summed E-state index contributed by atoms with van der Waals surface area (Å²) in [5.41, 5.74) is 2.60. The zero-order valence-electron chi connectivity index (χ0n) is 17.0. The van der Waals surface area contributed by atoms with Gasteiger partial charge in [-0.3, -0.25) is 9.59 Å². The maximum absolute atomic E-state index is 13.0. The van der Waals surface area contributed by atoms with Gasteiger partial charge in [0.05, 0.1) is 12.7 Å². The smallest absolute Gasteiger partial charge is 0.293 e. The van der Waals surface area contributed by atoms with E-state index in [0.717, 1.165) is 5.39 Å². The lowest BCUT2D eigenvalue weighted by molar-refractivity contribution is -0.115. The molecule has 0 aliphatic carbocycles. The summed E-state index contributed by atoms with van der Waals surface area (Å²) in [4.78, 5) is 25.9. The van der Waals surface area contributed by atoms with Crippen LogP contribution in [0.2, 0.25) is 10.0 Å². The van der Waals surface area contributed by atoms with Crippen LogP contribution in [0.4, 0.5) is 11.4 Å². The molecular weight excluding hydrogens is 463 g/mol. The van der Waals surface area contributed by atoms with Crippen LogP contribution >= 0.6 is 23.2 Å². The first-order valence-corrected chi connectivity index (χ1v) is 10.8. The van der Waals surface area contributed by atoms with Gasteiger partial charge in [0.25, 0.3) is 5.91 Å². The third-order valence-electron chi connectivity index (χ3n) is 5.12. The Balaban J connectivity index is 1.45. The maximum atomic E-state index is 13.0. The zero-order chi connectivity index (χ0) is 22.9. The molecule has 5 rings (SSSR count). The molecule has 2 N–H and O–H groups in total. The Morgan fingerprint density at radius 1 is 0.818 bits per heavy atom. The minimum absolute atomic E-state index is 0.00961. The van der Waals surface area contributed by atoms with E-state index in [1.54, 1.807) is 66.7 Å². The molecule has 2 aromatic heterocycles. The lowest BCUT2D eigenvalue weighted by Gasteiger charge is -2.07. The molecule has 8 heteroatoms. The number of carbonyl (C=O) groups is 2. The van der Waals surface area contributed by atoms with Gasteiger partial charge in [0, 0.05) is 32.1 Å². The highest BCUT2D eigenvalue weighted by molar-refractivity contribution is 6.31. The van der Waals surface area contributed by atoms with Crippen LogP contribution in [0.1, 0.15) is 16.1 Å². The van der Waals surface area contributed by atoms with Gasteiger partial charge in [0.15, 0.2) is 0 Å². The van der Waals surface area contributed by atoms with Gasteiger partial charge in [-0.05, 0) is 48.5 Å². The van der Waals surface area contributed by atoms with E-state index in [9.17, 15) is 9.59 Å². The SMILES string of the molecule is O=C(Cc1coc2ccc(Cl)cc12)Nc1c(C(=O)Nc2cccc(Cl)c2)oc2ccccc12. The molecule has 33 heavy (non-hydrogen) atoms. The zero-order valence-corrected chi connectivity index (χ0v) is 18.5. The highest BCUT2D eigenvalue weighted by Gasteiger charge is 2.23. The normalized spacial score (nSPS) is 11.1. The van der Waals surface area contributed by atoms with Crippen LogP contribution in [0.5, 0.6) is 0 Å². The second-order valence-corrected chi connectivity index (χ2v) is 8.27. The van der Waals surface area contributed by atoms with Crippen LogP contribution in [0, 0.1) is 0 Å². The van der Waals surface area contributed by atoms with Gasteiger partial charge in [-0.25, -0.2) is 0 Å². The van der Waals surface area contributed by atoms with Gasteiger partial charge in [-0.15, -0.1) is 0 Å². The molecule has 0 unspecified atom stereocenters. The van der Waals surface area contributed by atoms with Crippen molar-refractivity contribution in [3.8, 4) is 0 Å². The number of amides is 2. The van der Waals surface area contributed by atoms with Crippen molar-refractivity contribution in [1.82, 2.24) is 0 Å². The second kappa shape index (κ2) is 8.65. The summed E-state index contributed by atoms with van der Waals surface area (Å²) in [5.74, 6) is -0.852. The summed E-state index contributed by atoms with van der Waals surface area (Å²) in [6, 6.07) is 19.1. The van der Waals surface area contributed by atoms with Gasteiger partial charge in [-0.1, -0.05) is 41.4 Å². The summed E-state index contributed by atoms with van der Waals surface area (Å²) in [5, 5.41) is 7.99. The molecule has 5 aromatic rings. The van der Waals surface area contributed by atoms with Crippen LogP contribution in [0.15, 0.2) is 81.8 Å². The van der Waals surface area contributed by atoms with Gasteiger partial charge >= 0.3 is 0 Å². The fourth-order valence-electron chi connectivity index (χ4n) is 3.63. The number of nitrogens with one attached hydrogen (secondary N) is 2. The monoisotopic (exact) mass is 478 g/mol. The number of furan rings is 2. The minimum atomic E-state index is -0.510. The molecule has 0 radical (unpaired) electrons. The molecule has 0 spiro atoms. The molecule has 0 atom stereocenters. The summed E-state index contributed by atoms with van der Waals surface area (Å²) in [7, 11) is 0. The van der Waals surface area contributed by atoms with Gasteiger partial charge < -0.3 is 19.5 Å². The van der Waals surface area contributed by atoms with Crippen molar-refractivity contribution in [2.24, 2.45) is 0 Å². The first-order chi connectivity index (χ1) is 16.0. The Morgan fingerprint density at radius 3 is 2.48 bits per heavy atom. The van der Waals surface area contributed by atoms with Crippen molar-refractivity contribution in [3.05, 3.63) is 94.4 Å². The molecule has 0 fully saturated rings. The predicted octanol–water partition coefficient (Wildman–Crippen LogP) is 6.92. The lowest BCUT2D eigenvalue weighted by Crippen LogP contribution is -2.18. The lowest BCUT2D eigenvalue weighted by atomic mass is 10.1. The highest BCUT2D eigenvalue weighted by Crippen LogP contribution is 2.32. The van der Waals surface area contributed by atoms with Crippen LogP contribution in [-0.4, -0.2) is 11.8 Å². The van der Waals surface area contributed by atoms with Crippen molar-refractivity contribution in [2.45, 2.75) is 6.42 Å². The number of fused-ring (bicyclic) bond motifs is 2. The molecule has 3 aromatic carbocycles. The number of carbonyl (C=O) groups excluding carboxylic acids is 2. The average Bonchev–Trinajstić information content (AvgIpc) is 3.35. The van der Waals surface area contributed by atoms with Crippen molar-refractivity contribution in [1.29, 1.82) is 0 Å². The molecule has 2 heterocycles. The summed E-state index contributed by atoms with van der Waals surface area (Å²) >= 11 is 12.1. The van der Waals surface area contributed by atoms with Crippen LogP contribution in [-0.2, 0) is 11.2 Å². The second-order valence-electron chi connectivity index (χ2n) is 7.39. The summed E-state index contributed by atoms with van der Waals surface area (Å²) in [6.07, 6.45) is 1.56. The Bertz CT molecular complexity index is 1520. The summed E-state index contributed by atoms with van der Waals surface area (Å²) < 4.78 is 11.3. The maximum Gasteiger partial charge on any atom is 0.293 e. The fraction of sp³-hybridized carbons (Fsp3) is 0.0400. The Labute approximate surface area is 198 Å². The number of halogens is 2. The molecule has 164 valence electrons. The van der Waals surface area contributed by atoms with Crippen molar-refractivity contribution in [2.75, 3.05) is 10.6 Å². The molecule has 0 aliphatic heterocycles. The van der Waals surface area contributed by atoms with Crippen LogP contribution in [0.3, 0.4) is 0 Å². The number of para-hydroxylation sites is 1. The van der Waals surface area contributed by atoms with E-state index in [1.807, 2.05) is 0 Å². The van der Waals surface area contributed by atoms with Gasteiger partial charge in [-0.2, -0.15) is 0 Å². The molecule has 0 aliphatic rings. The van der Waals surface area contributed by atoms with Gasteiger partial charge in [0.2, 0.25) is 11.7 Å². The molecule has 0 saturated carbocycles. The van der Waals surface area contributed by atoms with E-state index in [-0.39, 0.29) is 18.1 Å². The third kappa shape index (κ3) is 4.31. The Morgan fingerprint density at radius 2 is 1.64 bits per heavy atom. The minimum Gasteiger partial charge on any atom is -0.464 e. The number of hydrogen-bond donors (Lipinski definition) is 2. The first kappa shape index (κ1) is 21.1. The number of hydrogen-bond acceptors (Lipinski definition) is 4. The Hall–Kier alpha value is -3.74. The molecule has 0 saturated heterocycles. The van der Waals surface area contributed by atoms with Crippen molar-refractivity contribution < 1.29 is 18.4 Å². The Kier molecular flexibility index (Phi) is 5.54. The van der Waals surface area contributed by atoms with E-state index in [0.29, 0.717) is 43.5 Å². The van der Waals surface area contributed by atoms with E-state index >= 15 is 0 Å². The molecular formula is C25H16Cl2N2O4. The molecule has 2 amide bonds. The predicted molar refractivity (Wildman–Crippen MR) is 129 cm³/mol. The van der Waals surface area contributed by atoms with Crippen molar-refractivity contribution >= 4 is 68.3 Å². The highest BCUT2D eigenvalue weighted by atomic mass is 35.5. The number of rotatable bonds is 5. The number of anilines is 2. The average molecular weight is 479 g/mol. The standard InChI is InChI=1S/C25H16Cl2N2O4/c26-15-4-3-5-17(11-15)28-25(31)24-23(18-6-1-2-7-21(18)33-24)29-22(30)10-14-13-32-20-9-8-16(27)12-19(14)20/h1-9,11-13H,10H2,(H,28,31)(H,29,30). The summed E-state index contributed by atoms with van der Waals surface area (Å²) in [6.45, 7) is 0. The largest absolute Gasteiger partial charge is 0.464 e. The quantitative estimate of drug-likeness (QED) is 0.287. The van der Waals surface area contributed by atoms with E-state index < -0.39 is 5.91 Å². The fourth-order valence-corrected chi connectivity index (χ4v) is 3.99. The molecule has 0 bridgehead atoms. The third-order valence-corrected chi connectivity index (χ3v) is 5.59. The number of benzene rings is 3. The van der Waals surface area contributed by atoms with Crippen LogP contribution < -0.4 is 10.6 Å². The topological polar surface area (TPSA) is 84.5 Å². The molecule has 6 nitrogen and oxygen atoms in total. The van der Waals surface area contributed by atoms with Crippen molar-refractivity contribution in [3.63, 3.8) is 0 Å². The van der Waals surface area contributed by atoms with E-state index in [1.165, 1.54) is 6.26 Å². The van der Waals surface area contributed by atoms with Crippen LogP contribution in [0.25, 0.3) is 21.9 Å². The van der Waals surface area contributed by atoms with E-state index in [4.69, 9.17) is 32.0 Å². The first-order valence-electron chi connectivity index (χ1n) is 10.0.